The van der Waals surface area contributed by atoms with E-state index in [4.69, 9.17) is 10.5 Å². The summed E-state index contributed by atoms with van der Waals surface area (Å²) in [6.07, 6.45) is 4.78. The minimum absolute atomic E-state index is 0.277. The molecule has 1 aliphatic rings. The Labute approximate surface area is 124 Å². The molecule has 0 amide bonds. The number of halogens is 1. The predicted molar refractivity (Wildman–Crippen MR) is 81.9 cm³/mol. The highest BCUT2D eigenvalue weighted by molar-refractivity contribution is 5.37. The molecule has 3 heteroatoms. The Morgan fingerprint density at radius 1 is 1.05 bits per heavy atom. The fourth-order valence-electron chi connectivity index (χ4n) is 2.85. The van der Waals surface area contributed by atoms with Crippen molar-refractivity contribution in [2.45, 2.75) is 31.7 Å². The summed E-state index contributed by atoms with van der Waals surface area (Å²) in [5.74, 6) is 0.543. The molecule has 0 radical (unpaired) electrons. The standard InChI is InChI=1S/C18H20FNO/c19-17-8-4-3-7-16(17)18(20)12-21-15-10-9-13-5-1-2-6-14(13)11-15/h3-4,7-11,18H,1-2,5-6,12,20H2. The van der Waals surface area contributed by atoms with Crippen LogP contribution in [0.2, 0.25) is 0 Å². The number of aryl methyl sites for hydroxylation is 2. The molecule has 0 aliphatic heterocycles. The molecule has 110 valence electrons. The molecular formula is C18H20FNO. The number of hydrogen-bond donors (Lipinski definition) is 1. The minimum Gasteiger partial charge on any atom is -0.492 e. The largest absolute Gasteiger partial charge is 0.492 e. The van der Waals surface area contributed by atoms with Crippen molar-refractivity contribution in [1.82, 2.24) is 0 Å². The van der Waals surface area contributed by atoms with Crippen LogP contribution in [0.4, 0.5) is 4.39 Å². The molecule has 2 aromatic carbocycles. The summed E-state index contributed by atoms with van der Waals surface area (Å²) in [7, 11) is 0. The van der Waals surface area contributed by atoms with E-state index in [2.05, 4.69) is 12.1 Å². The first-order chi connectivity index (χ1) is 10.2. The Balaban J connectivity index is 1.66. The summed E-state index contributed by atoms with van der Waals surface area (Å²) in [5, 5.41) is 0. The average molecular weight is 285 g/mol. The highest BCUT2D eigenvalue weighted by atomic mass is 19.1. The number of benzene rings is 2. The van der Waals surface area contributed by atoms with Gasteiger partial charge in [-0.15, -0.1) is 0 Å². The van der Waals surface area contributed by atoms with Crippen LogP contribution in [0.25, 0.3) is 0 Å². The van der Waals surface area contributed by atoms with Crippen molar-refractivity contribution in [3.8, 4) is 5.75 Å². The maximum atomic E-state index is 13.7. The Kier molecular flexibility index (Phi) is 4.20. The summed E-state index contributed by atoms with van der Waals surface area (Å²) in [6, 6.07) is 12.3. The number of rotatable bonds is 4. The lowest BCUT2D eigenvalue weighted by atomic mass is 9.92. The van der Waals surface area contributed by atoms with E-state index in [1.807, 2.05) is 6.07 Å². The first kappa shape index (κ1) is 14.1. The lowest BCUT2D eigenvalue weighted by Gasteiger charge is -2.18. The van der Waals surface area contributed by atoms with Crippen molar-refractivity contribution in [3.63, 3.8) is 0 Å². The predicted octanol–water partition coefficient (Wildman–Crippen LogP) is 3.78. The van der Waals surface area contributed by atoms with Gasteiger partial charge < -0.3 is 10.5 Å². The van der Waals surface area contributed by atoms with Crippen LogP contribution in [-0.4, -0.2) is 6.61 Å². The topological polar surface area (TPSA) is 35.2 Å². The summed E-state index contributed by atoms with van der Waals surface area (Å²) in [5.41, 5.74) is 9.31. The molecule has 0 spiro atoms. The van der Waals surface area contributed by atoms with Crippen LogP contribution in [0.5, 0.6) is 5.75 Å². The zero-order chi connectivity index (χ0) is 14.7. The Bertz CT molecular complexity index is 626. The van der Waals surface area contributed by atoms with Crippen molar-refractivity contribution in [1.29, 1.82) is 0 Å². The normalized spacial score (nSPS) is 15.3. The lowest BCUT2D eigenvalue weighted by Crippen LogP contribution is -2.20. The molecule has 0 saturated heterocycles. The van der Waals surface area contributed by atoms with Gasteiger partial charge >= 0.3 is 0 Å². The lowest BCUT2D eigenvalue weighted by molar-refractivity contribution is 0.287. The fourth-order valence-corrected chi connectivity index (χ4v) is 2.85. The molecule has 2 nitrogen and oxygen atoms in total. The average Bonchev–Trinajstić information content (AvgIpc) is 2.53. The van der Waals surface area contributed by atoms with Gasteiger partial charge in [0.15, 0.2) is 0 Å². The summed E-state index contributed by atoms with van der Waals surface area (Å²) in [6.45, 7) is 0.277. The number of fused-ring (bicyclic) bond motifs is 1. The van der Waals surface area contributed by atoms with Crippen molar-refractivity contribution < 1.29 is 9.13 Å². The van der Waals surface area contributed by atoms with Crippen LogP contribution in [0.3, 0.4) is 0 Å². The molecule has 1 unspecified atom stereocenters. The fraction of sp³-hybridized carbons (Fsp3) is 0.333. The maximum Gasteiger partial charge on any atom is 0.128 e. The van der Waals surface area contributed by atoms with Gasteiger partial charge in [-0.05, 0) is 55.0 Å². The van der Waals surface area contributed by atoms with Gasteiger partial charge in [0.2, 0.25) is 0 Å². The molecule has 0 saturated carbocycles. The second kappa shape index (κ2) is 6.27. The van der Waals surface area contributed by atoms with E-state index in [1.165, 1.54) is 30.0 Å². The molecule has 2 aromatic rings. The van der Waals surface area contributed by atoms with Crippen LogP contribution in [0.15, 0.2) is 42.5 Å². The monoisotopic (exact) mass is 285 g/mol. The van der Waals surface area contributed by atoms with Gasteiger partial charge in [0.1, 0.15) is 18.2 Å². The second-order valence-electron chi connectivity index (χ2n) is 5.58. The Hall–Kier alpha value is -1.87. The zero-order valence-corrected chi connectivity index (χ0v) is 12.0. The molecule has 3 rings (SSSR count). The van der Waals surface area contributed by atoms with Crippen LogP contribution in [0.1, 0.15) is 35.6 Å². The third-order valence-electron chi connectivity index (χ3n) is 4.05. The smallest absolute Gasteiger partial charge is 0.128 e. The summed E-state index contributed by atoms with van der Waals surface area (Å²) >= 11 is 0. The molecule has 0 aromatic heterocycles. The van der Waals surface area contributed by atoms with E-state index in [1.54, 1.807) is 18.2 Å². The van der Waals surface area contributed by atoms with Gasteiger partial charge in [0.25, 0.3) is 0 Å². The molecule has 1 aliphatic carbocycles. The van der Waals surface area contributed by atoms with Crippen molar-refractivity contribution in [2.24, 2.45) is 5.73 Å². The van der Waals surface area contributed by atoms with E-state index < -0.39 is 6.04 Å². The minimum atomic E-state index is -0.456. The van der Waals surface area contributed by atoms with Gasteiger partial charge in [0.05, 0.1) is 6.04 Å². The van der Waals surface area contributed by atoms with Crippen LogP contribution in [-0.2, 0) is 12.8 Å². The van der Waals surface area contributed by atoms with Crippen molar-refractivity contribution in [2.75, 3.05) is 6.61 Å². The first-order valence-corrected chi connectivity index (χ1v) is 7.48. The Morgan fingerprint density at radius 2 is 1.81 bits per heavy atom. The molecule has 0 heterocycles. The van der Waals surface area contributed by atoms with Gasteiger partial charge in [-0.3, -0.25) is 0 Å². The van der Waals surface area contributed by atoms with E-state index in [-0.39, 0.29) is 12.4 Å². The number of nitrogens with two attached hydrogens (primary N) is 1. The van der Waals surface area contributed by atoms with Gasteiger partial charge in [0, 0.05) is 5.56 Å². The molecule has 1 atom stereocenters. The number of ether oxygens (including phenoxy) is 1. The van der Waals surface area contributed by atoms with Crippen molar-refractivity contribution >= 4 is 0 Å². The molecule has 0 fully saturated rings. The third kappa shape index (κ3) is 3.24. The maximum absolute atomic E-state index is 13.7. The quantitative estimate of drug-likeness (QED) is 0.927. The van der Waals surface area contributed by atoms with Gasteiger partial charge in [-0.25, -0.2) is 4.39 Å². The molecule has 0 bridgehead atoms. The third-order valence-corrected chi connectivity index (χ3v) is 4.05. The van der Waals surface area contributed by atoms with Crippen LogP contribution < -0.4 is 10.5 Å². The van der Waals surface area contributed by atoms with E-state index in [0.717, 1.165) is 18.6 Å². The van der Waals surface area contributed by atoms with E-state index in [9.17, 15) is 4.39 Å². The number of hydrogen-bond acceptors (Lipinski definition) is 2. The first-order valence-electron chi connectivity index (χ1n) is 7.48. The zero-order valence-electron chi connectivity index (χ0n) is 12.0. The van der Waals surface area contributed by atoms with E-state index >= 15 is 0 Å². The van der Waals surface area contributed by atoms with Gasteiger partial charge in [-0.2, -0.15) is 0 Å². The van der Waals surface area contributed by atoms with Crippen LogP contribution in [0, 0.1) is 5.82 Å². The second-order valence-corrected chi connectivity index (χ2v) is 5.58. The SMILES string of the molecule is NC(COc1ccc2c(c1)CCCC2)c1ccccc1F. The highest BCUT2D eigenvalue weighted by Crippen LogP contribution is 2.26. The summed E-state index contributed by atoms with van der Waals surface area (Å²) < 4.78 is 19.4. The van der Waals surface area contributed by atoms with Crippen molar-refractivity contribution in [3.05, 3.63) is 65.0 Å². The van der Waals surface area contributed by atoms with E-state index in [0.29, 0.717) is 5.56 Å². The Morgan fingerprint density at radius 3 is 2.62 bits per heavy atom. The molecular weight excluding hydrogens is 265 g/mol. The summed E-state index contributed by atoms with van der Waals surface area (Å²) in [4.78, 5) is 0. The molecule has 21 heavy (non-hydrogen) atoms. The highest BCUT2D eigenvalue weighted by Gasteiger charge is 2.13. The van der Waals surface area contributed by atoms with Gasteiger partial charge in [-0.1, -0.05) is 24.3 Å². The van der Waals surface area contributed by atoms with Crippen LogP contribution >= 0.6 is 0 Å². The molecule has 2 N–H and O–H groups in total.